The minimum absolute atomic E-state index is 0.00747. The van der Waals surface area contributed by atoms with Crippen LogP contribution in [0.2, 0.25) is 0 Å². The van der Waals surface area contributed by atoms with Gasteiger partial charge in [0.25, 0.3) is 0 Å². The molecule has 1 aromatic rings. The van der Waals surface area contributed by atoms with Gasteiger partial charge < -0.3 is 9.47 Å². The molecule has 3 saturated carbocycles. The summed E-state index contributed by atoms with van der Waals surface area (Å²) in [7, 11) is 0. The molecular formula is C39H54O5. The molecule has 44 heavy (non-hydrogen) atoms. The molecule has 5 aliphatic rings. The van der Waals surface area contributed by atoms with Gasteiger partial charge in [-0.05, 0) is 98.0 Å². The zero-order chi connectivity index (χ0) is 31.9. The molecule has 0 spiro atoms. The van der Waals surface area contributed by atoms with E-state index in [4.69, 9.17) is 9.47 Å². The van der Waals surface area contributed by atoms with Gasteiger partial charge in [0.1, 0.15) is 6.10 Å². The lowest BCUT2D eigenvalue weighted by atomic mass is 9.35. The molecule has 240 valence electrons. The molecule has 0 amide bonds. The smallest absolute Gasteiger partial charge is 0.338 e. The van der Waals surface area contributed by atoms with Crippen molar-refractivity contribution in [2.75, 3.05) is 6.61 Å². The Hall–Kier alpha value is -2.43. The van der Waals surface area contributed by atoms with Crippen LogP contribution in [0.25, 0.3) is 0 Å². The maximum atomic E-state index is 14.6. The topological polar surface area (TPSA) is 69.7 Å². The number of hydrogen-bond acceptors (Lipinski definition) is 5. The summed E-state index contributed by atoms with van der Waals surface area (Å²) in [5.74, 6) is 0.469. The van der Waals surface area contributed by atoms with Crippen molar-refractivity contribution in [1.82, 2.24) is 0 Å². The summed E-state index contributed by atoms with van der Waals surface area (Å²) in [5, 5.41) is 0. The second-order valence-corrected chi connectivity index (χ2v) is 17.3. The maximum Gasteiger partial charge on any atom is 0.338 e. The van der Waals surface area contributed by atoms with E-state index in [2.05, 4.69) is 48.5 Å². The van der Waals surface area contributed by atoms with Crippen LogP contribution in [0.3, 0.4) is 0 Å². The number of ether oxygens (including phenoxy) is 2. The van der Waals surface area contributed by atoms with Crippen molar-refractivity contribution >= 4 is 17.7 Å². The summed E-state index contributed by atoms with van der Waals surface area (Å²) in [4.78, 5) is 39.4. The number of benzene rings is 1. The molecule has 0 bridgehead atoms. The first-order valence-electron chi connectivity index (χ1n) is 17.2. The zero-order valence-electron chi connectivity index (χ0n) is 28.4. The first kappa shape index (κ1) is 31.5. The molecule has 3 fully saturated rings. The van der Waals surface area contributed by atoms with Crippen LogP contribution in [0.1, 0.15) is 130 Å². The van der Waals surface area contributed by atoms with Crippen LogP contribution in [0, 0.1) is 44.3 Å². The molecule has 5 aliphatic carbocycles. The van der Waals surface area contributed by atoms with Crippen molar-refractivity contribution in [3.05, 3.63) is 47.0 Å². The average molecular weight is 603 g/mol. The van der Waals surface area contributed by atoms with Crippen molar-refractivity contribution < 1.29 is 23.9 Å². The van der Waals surface area contributed by atoms with Crippen LogP contribution >= 0.6 is 0 Å². The van der Waals surface area contributed by atoms with Gasteiger partial charge in [-0.2, -0.15) is 0 Å². The summed E-state index contributed by atoms with van der Waals surface area (Å²) in [5.41, 5.74) is 2.82. The Morgan fingerprint density at radius 2 is 1.55 bits per heavy atom. The fourth-order valence-electron chi connectivity index (χ4n) is 11.4. The summed E-state index contributed by atoms with van der Waals surface area (Å²) in [6.45, 7) is 18.6. The third-order valence-electron chi connectivity index (χ3n) is 14.5. The number of carbonyl (C=O) groups excluding carboxylic acids is 3. The molecular weight excluding hydrogens is 548 g/mol. The quantitative estimate of drug-likeness (QED) is 0.322. The monoisotopic (exact) mass is 602 g/mol. The summed E-state index contributed by atoms with van der Waals surface area (Å²) in [6, 6.07) is 9.26. The number of ketones is 1. The first-order chi connectivity index (χ1) is 20.5. The minimum Gasteiger partial charge on any atom is -0.465 e. The van der Waals surface area contributed by atoms with Crippen molar-refractivity contribution in [3.8, 4) is 0 Å². The fourth-order valence-corrected chi connectivity index (χ4v) is 11.4. The highest BCUT2D eigenvalue weighted by atomic mass is 16.5. The molecule has 5 heteroatoms. The van der Waals surface area contributed by atoms with Crippen molar-refractivity contribution in [2.45, 2.75) is 126 Å². The fraction of sp³-hybridized carbons (Fsp3) is 0.718. The SMILES string of the molecule is CC(=O)OC[C@]1(C)CC[C@]2(C)CC[C@]3(C)C4=C(CC[C@@]3(C)[C@@H]2C1)[C@@]1(C)CC[C@@H](OC(=O)c2ccccc2)C(C)(C)[C@@H]1CC4=O. The number of carbonyl (C=O) groups is 3. The molecule has 0 unspecified atom stereocenters. The molecule has 0 aromatic heterocycles. The summed E-state index contributed by atoms with van der Waals surface area (Å²) < 4.78 is 11.8. The van der Waals surface area contributed by atoms with E-state index in [1.165, 1.54) is 12.5 Å². The molecule has 6 rings (SSSR count). The van der Waals surface area contributed by atoms with Crippen molar-refractivity contribution in [3.63, 3.8) is 0 Å². The van der Waals surface area contributed by atoms with Gasteiger partial charge in [-0.3, -0.25) is 9.59 Å². The Morgan fingerprint density at radius 1 is 0.864 bits per heavy atom. The molecule has 1 aromatic carbocycles. The minimum atomic E-state index is -0.319. The second-order valence-electron chi connectivity index (χ2n) is 17.3. The molecule has 5 nitrogen and oxygen atoms in total. The largest absolute Gasteiger partial charge is 0.465 e. The van der Waals surface area contributed by atoms with Crippen LogP contribution in [0.5, 0.6) is 0 Å². The molecule has 0 aliphatic heterocycles. The van der Waals surface area contributed by atoms with E-state index >= 15 is 0 Å². The van der Waals surface area contributed by atoms with Crippen LogP contribution in [-0.4, -0.2) is 30.4 Å². The highest BCUT2D eigenvalue weighted by Gasteiger charge is 2.67. The van der Waals surface area contributed by atoms with Gasteiger partial charge >= 0.3 is 11.9 Å². The van der Waals surface area contributed by atoms with E-state index < -0.39 is 0 Å². The highest BCUT2D eigenvalue weighted by molar-refractivity contribution is 5.99. The van der Waals surface area contributed by atoms with Crippen LogP contribution < -0.4 is 0 Å². The number of Topliss-reactive ketones (excluding diaryl/α,β-unsaturated/α-hetero) is 1. The van der Waals surface area contributed by atoms with Gasteiger partial charge in [-0.1, -0.05) is 72.2 Å². The van der Waals surface area contributed by atoms with E-state index in [0.717, 1.165) is 63.4 Å². The standard InChI is InChI=1S/C39H54O5/c1-25(40)43-24-35(4)18-19-36(5)20-21-39(8)32-27(14-17-38(39,7)30(36)23-35)37(6)16-15-31(34(2,3)29(37)22-28(32)41)44-33(42)26-12-10-9-11-13-26/h9-13,29-31H,14-24H2,1-8H3/t29-,30+,31+,35+,36+,37+,38-,39+/m0/s1. The van der Waals surface area contributed by atoms with Crippen LogP contribution in [0.4, 0.5) is 0 Å². The second kappa shape index (κ2) is 10.3. The summed E-state index contributed by atoms with van der Waals surface area (Å²) in [6.07, 6.45) is 9.59. The number of rotatable bonds is 4. The Kier molecular flexibility index (Phi) is 7.38. The predicted molar refractivity (Wildman–Crippen MR) is 172 cm³/mol. The lowest BCUT2D eigenvalue weighted by molar-refractivity contribution is -0.171. The molecule has 0 saturated heterocycles. The van der Waals surface area contributed by atoms with E-state index in [1.807, 2.05) is 30.3 Å². The van der Waals surface area contributed by atoms with E-state index in [1.54, 1.807) is 0 Å². The van der Waals surface area contributed by atoms with Gasteiger partial charge in [0.2, 0.25) is 0 Å². The Morgan fingerprint density at radius 3 is 2.23 bits per heavy atom. The Bertz CT molecular complexity index is 1390. The first-order valence-corrected chi connectivity index (χ1v) is 17.2. The van der Waals surface area contributed by atoms with Gasteiger partial charge in [0.05, 0.1) is 12.2 Å². The van der Waals surface area contributed by atoms with E-state index in [9.17, 15) is 14.4 Å². The third kappa shape index (κ3) is 4.56. The zero-order valence-corrected chi connectivity index (χ0v) is 28.4. The van der Waals surface area contributed by atoms with Crippen molar-refractivity contribution in [2.24, 2.45) is 44.3 Å². The molecule has 8 atom stereocenters. The third-order valence-corrected chi connectivity index (χ3v) is 14.5. The Balaban J connectivity index is 1.33. The normalized spacial score (nSPS) is 42.7. The number of esters is 2. The van der Waals surface area contributed by atoms with Gasteiger partial charge in [-0.15, -0.1) is 0 Å². The number of hydrogen-bond donors (Lipinski definition) is 0. The van der Waals surface area contributed by atoms with Gasteiger partial charge in [-0.25, -0.2) is 4.79 Å². The van der Waals surface area contributed by atoms with Gasteiger partial charge in [0.15, 0.2) is 5.78 Å². The van der Waals surface area contributed by atoms with Gasteiger partial charge in [0, 0.05) is 35.2 Å². The number of allylic oxidation sites excluding steroid dienone is 2. The maximum absolute atomic E-state index is 14.6. The predicted octanol–water partition coefficient (Wildman–Crippen LogP) is 8.90. The lowest BCUT2D eigenvalue weighted by Crippen LogP contribution is -2.63. The lowest BCUT2D eigenvalue weighted by Gasteiger charge is -2.69. The van der Waals surface area contributed by atoms with Crippen LogP contribution in [-0.2, 0) is 19.1 Å². The van der Waals surface area contributed by atoms with Crippen molar-refractivity contribution in [1.29, 1.82) is 0 Å². The highest BCUT2D eigenvalue weighted by Crippen LogP contribution is 2.74. The molecule has 0 heterocycles. The van der Waals surface area contributed by atoms with E-state index in [-0.39, 0.29) is 56.5 Å². The number of fused-ring (bicyclic) bond motifs is 6. The summed E-state index contributed by atoms with van der Waals surface area (Å²) >= 11 is 0. The van der Waals surface area contributed by atoms with E-state index in [0.29, 0.717) is 30.3 Å². The molecule has 0 radical (unpaired) electrons. The van der Waals surface area contributed by atoms with Crippen LogP contribution in [0.15, 0.2) is 41.5 Å². The average Bonchev–Trinajstić information content (AvgIpc) is 2.97. The Labute approximate surface area is 264 Å². The molecule has 0 N–H and O–H groups in total.